The van der Waals surface area contributed by atoms with Gasteiger partial charge in [-0.15, -0.1) is 5.10 Å². The number of ether oxygens (including phenoxy) is 1. The third-order valence-corrected chi connectivity index (χ3v) is 5.77. The first-order valence-electron chi connectivity index (χ1n) is 9.20. The standard InChI is InChI=1S/C19H16ClFN6O2/c20-27-13-4-3-5-15(16(13)19(22-18(27)28)8-1-2-9-19)29-14-7-6-11(21)10-12(14)17-23-25-26-24-17/h3-7,10H,1-2,8-9H2,(H,22,28)(H,23,24,25,26). The molecule has 1 spiro atoms. The summed E-state index contributed by atoms with van der Waals surface area (Å²) in [7, 11) is 0. The molecule has 2 aliphatic rings. The molecular weight excluding hydrogens is 399 g/mol. The average molecular weight is 415 g/mol. The van der Waals surface area contributed by atoms with Gasteiger partial charge in [0.2, 0.25) is 0 Å². The Morgan fingerprint density at radius 3 is 2.76 bits per heavy atom. The van der Waals surface area contributed by atoms with E-state index in [0.29, 0.717) is 22.7 Å². The van der Waals surface area contributed by atoms with Crippen LogP contribution in [0.1, 0.15) is 31.2 Å². The summed E-state index contributed by atoms with van der Waals surface area (Å²) in [6.45, 7) is 0. The van der Waals surface area contributed by atoms with E-state index in [-0.39, 0.29) is 11.9 Å². The van der Waals surface area contributed by atoms with Crippen LogP contribution in [0.2, 0.25) is 0 Å². The Labute approximate surface area is 170 Å². The van der Waals surface area contributed by atoms with Gasteiger partial charge >= 0.3 is 6.03 Å². The molecule has 0 atom stereocenters. The Bertz CT molecular complexity index is 1080. The van der Waals surface area contributed by atoms with Gasteiger partial charge < -0.3 is 10.1 Å². The number of amides is 2. The molecule has 5 rings (SSSR count). The van der Waals surface area contributed by atoms with Crippen LogP contribution in [-0.4, -0.2) is 26.7 Å². The maximum absolute atomic E-state index is 13.9. The fourth-order valence-electron chi connectivity index (χ4n) is 4.20. The van der Waals surface area contributed by atoms with E-state index >= 15 is 0 Å². The normalized spacial score (nSPS) is 17.3. The van der Waals surface area contributed by atoms with Gasteiger partial charge in [-0.2, -0.15) is 0 Å². The van der Waals surface area contributed by atoms with Gasteiger partial charge in [0, 0.05) is 17.3 Å². The van der Waals surface area contributed by atoms with Gasteiger partial charge in [0.1, 0.15) is 17.3 Å². The summed E-state index contributed by atoms with van der Waals surface area (Å²) in [5.74, 6) is 0.761. The van der Waals surface area contributed by atoms with E-state index in [1.807, 2.05) is 6.07 Å². The highest BCUT2D eigenvalue weighted by molar-refractivity contribution is 6.37. The lowest BCUT2D eigenvalue weighted by Crippen LogP contribution is -2.52. The maximum atomic E-state index is 13.9. The number of H-pyrrole nitrogens is 1. The number of benzene rings is 2. The van der Waals surface area contributed by atoms with Crippen molar-refractivity contribution in [2.24, 2.45) is 0 Å². The number of rotatable bonds is 3. The van der Waals surface area contributed by atoms with Gasteiger partial charge in [-0.25, -0.2) is 18.7 Å². The molecule has 1 saturated carbocycles. The first-order chi connectivity index (χ1) is 14.1. The molecule has 8 nitrogen and oxygen atoms in total. The molecular formula is C19H16ClFN6O2. The molecule has 0 bridgehead atoms. The number of nitrogens with zero attached hydrogens (tertiary/aromatic N) is 4. The zero-order valence-electron chi connectivity index (χ0n) is 15.2. The van der Waals surface area contributed by atoms with E-state index in [1.165, 1.54) is 18.2 Å². The fourth-order valence-corrected chi connectivity index (χ4v) is 4.38. The molecule has 0 unspecified atom stereocenters. The number of hydrogen-bond donors (Lipinski definition) is 2. The minimum Gasteiger partial charge on any atom is -0.456 e. The van der Waals surface area contributed by atoms with Crippen molar-refractivity contribution >= 4 is 23.5 Å². The van der Waals surface area contributed by atoms with E-state index < -0.39 is 11.4 Å². The lowest BCUT2D eigenvalue weighted by molar-refractivity contribution is 0.229. The van der Waals surface area contributed by atoms with Crippen molar-refractivity contribution in [3.63, 3.8) is 0 Å². The first-order valence-corrected chi connectivity index (χ1v) is 9.54. The SMILES string of the molecule is O=C1NC2(CCCC2)c2c(Oc3ccc(F)cc3-c3nnn[nH]3)cccc2N1Cl. The van der Waals surface area contributed by atoms with Gasteiger partial charge in [0.15, 0.2) is 5.82 Å². The second-order valence-electron chi connectivity index (χ2n) is 7.14. The van der Waals surface area contributed by atoms with Crippen molar-refractivity contribution < 1.29 is 13.9 Å². The highest BCUT2D eigenvalue weighted by Crippen LogP contribution is 2.51. The molecule has 2 amide bonds. The van der Waals surface area contributed by atoms with Crippen LogP contribution in [0.15, 0.2) is 36.4 Å². The summed E-state index contributed by atoms with van der Waals surface area (Å²) in [5.41, 5.74) is 1.25. The summed E-state index contributed by atoms with van der Waals surface area (Å²) in [4.78, 5) is 12.4. The van der Waals surface area contributed by atoms with Crippen LogP contribution in [0.5, 0.6) is 11.5 Å². The summed E-state index contributed by atoms with van der Waals surface area (Å²) in [6.07, 6.45) is 3.56. The van der Waals surface area contributed by atoms with Crippen molar-refractivity contribution in [1.29, 1.82) is 0 Å². The van der Waals surface area contributed by atoms with Crippen LogP contribution in [0, 0.1) is 5.82 Å². The number of aromatic nitrogens is 4. The Hall–Kier alpha value is -3.20. The lowest BCUT2D eigenvalue weighted by atomic mass is 9.84. The van der Waals surface area contributed by atoms with Gasteiger partial charge in [0.05, 0.1) is 16.8 Å². The molecule has 0 saturated heterocycles. The molecule has 148 valence electrons. The number of carbonyl (C=O) groups excluding carboxylic acids is 1. The summed E-state index contributed by atoms with van der Waals surface area (Å²) in [5, 5.41) is 16.6. The third kappa shape index (κ3) is 2.89. The Morgan fingerprint density at radius 1 is 1.17 bits per heavy atom. The smallest absolute Gasteiger partial charge is 0.337 e. The van der Waals surface area contributed by atoms with Crippen LogP contribution in [-0.2, 0) is 5.54 Å². The van der Waals surface area contributed by atoms with Crippen molar-refractivity contribution in [2.75, 3.05) is 4.42 Å². The zero-order chi connectivity index (χ0) is 20.0. The number of tetrazole rings is 1. The van der Waals surface area contributed by atoms with Crippen LogP contribution < -0.4 is 14.5 Å². The van der Waals surface area contributed by atoms with Crippen LogP contribution in [0.3, 0.4) is 0 Å². The van der Waals surface area contributed by atoms with Crippen LogP contribution in [0.4, 0.5) is 14.9 Å². The third-order valence-electron chi connectivity index (χ3n) is 5.44. The van der Waals surface area contributed by atoms with E-state index in [0.717, 1.165) is 35.7 Å². The number of halogens is 2. The molecule has 2 N–H and O–H groups in total. The molecule has 2 heterocycles. The molecule has 1 fully saturated rings. The number of fused-ring (bicyclic) bond motifs is 2. The minimum atomic E-state index is -0.539. The van der Waals surface area contributed by atoms with E-state index in [2.05, 4.69) is 25.9 Å². The highest BCUT2D eigenvalue weighted by atomic mass is 35.5. The number of carbonyl (C=O) groups is 1. The summed E-state index contributed by atoms with van der Waals surface area (Å²) < 4.78 is 21.2. The number of aromatic amines is 1. The molecule has 0 radical (unpaired) electrons. The lowest BCUT2D eigenvalue weighted by Gasteiger charge is -2.40. The van der Waals surface area contributed by atoms with E-state index in [4.69, 9.17) is 16.5 Å². The molecule has 1 aromatic heterocycles. The number of anilines is 1. The van der Waals surface area contributed by atoms with Crippen molar-refractivity contribution in [3.8, 4) is 22.9 Å². The molecule has 1 aliphatic heterocycles. The summed E-state index contributed by atoms with van der Waals surface area (Å²) >= 11 is 6.25. The Morgan fingerprint density at radius 2 is 2.00 bits per heavy atom. The molecule has 29 heavy (non-hydrogen) atoms. The minimum absolute atomic E-state index is 0.284. The van der Waals surface area contributed by atoms with Gasteiger partial charge in [0.25, 0.3) is 0 Å². The van der Waals surface area contributed by atoms with Crippen molar-refractivity contribution in [1.82, 2.24) is 25.9 Å². The van der Waals surface area contributed by atoms with Gasteiger partial charge in [-0.05, 0) is 53.6 Å². The maximum Gasteiger partial charge on any atom is 0.337 e. The van der Waals surface area contributed by atoms with Crippen LogP contribution in [0.25, 0.3) is 11.4 Å². The van der Waals surface area contributed by atoms with E-state index in [9.17, 15) is 9.18 Å². The molecule has 3 aromatic rings. The number of urea groups is 1. The molecule has 10 heteroatoms. The molecule has 1 aliphatic carbocycles. The Kier molecular flexibility index (Phi) is 4.13. The van der Waals surface area contributed by atoms with Crippen molar-refractivity contribution in [2.45, 2.75) is 31.2 Å². The van der Waals surface area contributed by atoms with Crippen LogP contribution >= 0.6 is 11.8 Å². The largest absolute Gasteiger partial charge is 0.456 e. The quantitative estimate of drug-likeness (QED) is 0.624. The predicted octanol–water partition coefficient (Wildman–Crippen LogP) is 4.25. The topological polar surface area (TPSA) is 96.0 Å². The van der Waals surface area contributed by atoms with Crippen molar-refractivity contribution in [3.05, 3.63) is 47.8 Å². The predicted molar refractivity (Wildman–Crippen MR) is 103 cm³/mol. The van der Waals surface area contributed by atoms with Gasteiger partial charge in [-0.3, -0.25) is 0 Å². The van der Waals surface area contributed by atoms with Gasteiger partial charge in [-0.1, -0.05) is 18.9 Å². The highest BCUT2D eigenvalue weighted by Gasteiger charge is 2.46. The monoisotopic (exact) mass is 414 g/mol. The summed E-state index contributed by atoms with van der Waals surface area (Å²) in [6, 6.07) is 9.14. The Balaban J connectivity index is 1.64. The fraction of sp³-hybridized carbons (Fsp3) is 0.263. The van der Waals surface area contributed by atoms with E-state index in [1.54, 1.807) is 12.1 Å². The number of hydrogen-bond acceptors (Lipinski definition) is 5. The number of nitrogens with one attached hydrogen (secondary N) is 2. The molecule has 2 aromatic carbocycles. The second kappa shape index (κ2) is 6.70. The first kappa shape index (κ1) is 17.9. The second-order valence-corrected chi connectivity index (χ2v) is 7.48. The average Bonchev–Trinajstić information content (AvgIpc) is 3.40. The zero-order valence-corrected chi connectivity index (χ0v) is 15.9.